The lowest BCUT2D eigenvalue weighted by atomic mass is 9.67. The molecule has 2 rings (SSSR count). The molecule has 2 aliphatic rings. The number of nitrogens with zero attached hydrogens (tertiary/aromatic N) is 1. The SMILES string of the molecule is COCC1(CN)CCN(CC2(C(O)O)CCC2)CC1. The first kappa shape index (κ1) is 15.2. The number of hydrogen-bond acceptors (Lipinski definition) is 5. The highest BCUT2D eigenvalue weighted by atomic mass is 16.5. The second kappa shape index (κ2) is 6.06. The Bertz CT molecular complexity index is 284. The maximum Gasteiger partial charge on any atom is 0.158 e. The molecule has 2 fully saturated rings. The minimum atomic E-state index is -1.18. The van der Waals surface area contributed by atoms with Crippen LogP contribution in [-0.2, 0) is 4.74 Å². The second-order valence-corrected chi connectivity index (χ2v) is 6.50. The predicted octanol–water partition coefficient (Wildman–Crippen LogP) is 0.155. The van der Waals surface area contributed by atoms with Crippen molar-refractivity contribution in [3.63, 3.8) is 0 Å². The summed E-state index contributed by atoms with van der Waals surface area (Å²) >= 11 is 0. The number of aliphatic hydroxyl groups excluding tert-OH is 1. The molecule has 1 aliphatic heterocycles. The Morgan fingerprint density at radius 2 is 1.84 bits per heavy atom. The van der Waals surface area contributed by atoms with Gasteiger partial charge in [0.1, 0.15) is 0 Å². The lowest BCUT2D eigenvalue weighted by Crippen LogP contribution is -2.54. The molecule has 0 radical (unpaired) electrons. The van der Waals surface area contributed by atoms with Gasteiger partial charge in [-0.3, -0.25) is 0 Å². The largest absolute Gasteiger partial charge is 0.384 e. The van der Waals surface area contributed by atoms with Crippen LogP contribution in [0, 0.1) is 10.8 Å². The average Bonchev–Trinajstić information content (AvgIpc) is 2.36. The Balaban J connectivity index is 1.86. The van der Waals surface area contributed by atoms with Gasteiger partial charge in [-0.1, -0.05) is 6.42 Å². The number of piperidine rings is 1. The topological polar surface area (TPSA) is 79.0 Å². The molecule has 1 saturated carbocycles. The van der Waals surface area contributed by atoms with E-state index < -0.39 is 6.29 Å². The van der Waals surface area contributed by atoms with Gasteiger partial charge in [0.2, 0.25) is 0 Å². The third-order valence-electron chi connectivity index (χ3n) is 5.24. The van der Waals surface area contributed by atoms with Crippen LogP contribution in [0.15, 0.2) is 0 Å². The van der Waals surface area contributed by atoms with Crippen LogP contribution in [0.2, 0.25) is 0 Å². The van der Waals surface area contributed by atoms with Crippen molar-refractivity contribution in [3.8, 4) is 0 Å². The van der Waals surface area contributed by atoms with Gasteiger partial charge in [0.15, 0.2) is 6.29 Å². The summed E-state index contributed by atoms with van der Waals surface area (Å²) in [7, 11) is 1.73. The summed E-state index contributed by atoms with van der Waals surface area (Å²) in [4.78, 5) is 2.36. The van der Waals surface area contributed by atoms with Crippen molar-refractivity contribution in [2.45, 2.75) is 38.4 Å². The molecule has 5 nitrogen and oxygen atoms in total. The van der Waals surface area contributed by atoms with Crippen LogP contribution in [0.4, 0.5) is 0 Å². The fourth-order valence-electron chi connectivity index (χ4n) is 3.47. The normalized spacial score (nSPS) is 26.4. The molecule has 19 heavy (non-hydrogen) atoms. The summed E-state index contributed by atoms with van der Waals surface area (Å²) < 4.78 is 5.30. The Morgan fingerprint density at radius 1 is 1.21 bits per heavy atom. The van der Waals surface area contributed by atoms with Gasteiger partial charge in [-0.05, 0) is 38.8 Å². The van der Waals surface area contributed by atoms with Gasteiger partial charge in [0, 0.05) is 31.0 Å². The molecular formula is C14H28N2O3. The highest BCUT2D eigenvalue weighted by molar-refractivity contribution is 4.94. The summed E-state index contributed by atoms with van der Waals surface area (Å²) in [5.41, 5.74) is 5.75. The van der Waals surface area contributed by atoms with Crippen LogP contribution < -0.4 is 5.73 Å². The van der Waals surface area contributed by atoms with Gasteiger partial charge < -0.3 is 25.6 Å². The summed E-state index contributed by atoms with van der Waals surface area (Å²) in [6.45, 7) is 4.16. The molecule has 0 unspecified atom stereocenters. The lowest BCUT2D eigenvalue weighted by molar-refractivity contribution is -0.178. The molecule has 0 spiro atoms. The van der Waals surface area contributed by atoms with Gasteiger partial charge in [-0.2, -0.15) is 0 Å². The number of nitrogens with two attached hydrogens (primary N) is 1. The van der Waals surface area contributed by atoms with Crippen LogP contribution >= 0.6 is 0 Å². The number of ether oxygens (including phenoxy) is 1. The van der Waals surface area contributed by atoms with Crippen LogP contribution in [-0.4, -0.2) is 61.3 Å². The van der Waals surface area contributed by atoms with Crippen LogP contribution in [0.1, 0.15) is 32.1 Å². The monoisotopic (exact) mass is 272 g/mol. The molecule has 4 N–H and O–H groups in total. The molecule has 1 heterocycles. The standard InChI is InChI=1S/C14H28N2O3/c1-19-11-13(9-15)5-7-16(8-6-13)10-14(12(17)18)3-2-4-14/h12,17-18H,2-11,15H2,1H3. The van der Waals surface area contributed by atoms with E-state index in [9.17, 15) is 10.2 Å². The Labute approximate surface area is 115 Å². The van der Waals surface area contributed by atoms with Crippen molar-refractivity contribution < 1.29 is 14.9 Å². The van der Waals surface area contributed by atoms with E-state index in [0.29, 0.717) is 6.54 Å². The second-order valence-electron chi connectivity index (χ2n) is 6.50. The first-order chi connectivity index (χ1) is 9.06. The first-order valence-corrected chi connectivity index (χ1v) is 7.33. The van der Waals surface area contributed by atoms with Crippen molar-refractivity contribution >= 4 is 0 Å². The number of methoxy groups -OCH3 is 1. The molecule has 0 amide bonds. The molecule has 0 aromatic rings. The van der Waals surface area contributed by atoms with Crippen LogP contribution in [0.3, 0.4) is 0 Å². The molecular weight excluding hydrogens is 244 g/mol. The van der Waals surface area contributed by atoms with Crippen molar-refractivity contribution in [3.05, 3.63) is 0 Å². The van der Waals surface area contributed by atoms with Crippen molar-refractivity contribution in [2.75, 3.05) is 39.9 Å². The predicted molar refractivity (Wildman–Crippen MR) is 73.5 cm³/mol. The molecule has 1 saturated heterocycles. The minimum Gasteiger partial charge on any atom is -0.384 e. The number of likely N-dealkylation sites (tertiary alicyclic amines) is 1. The van der Waals surface area contributed by atoms with E-state index in [-0.39, 0.29) is 10.8 Å². The molecule has 0 atom stereocenters. The quantitative estimate of drug-likeness (QED) is 0.600. The van der Waals surface area contributed by atoms with E-state index in [2.05, 4.69) is 4.90 Å². The Kier molecular flexibility index (Phi) is 4.84. The molecule has 0 bridgehead atoms. The molecule has 0 aromatic heterocycles. The molecule has 0 aromatic carbocycles. The molecule has 5 heteroatoms. The minimum absolute atomic E-state index is 0.121. The van der Waals surface area contributed by atoms with Crippen LogP contribution in [0.25, 0.3) is 0 Å². The molecule has 1 aliphatic carbocycles. The summed E-state index contributed by atoms with van der Waals surface area (Å²) in [5.74, 6) is 0. The van der Waals surface area contributed by atoms with Crippen molar-refractivity contribution in [1.29, 1.82) is 0 Å². The fourth-order valence-corrected chi connectivity index (χ4v) is 3.47. The van der Waals surface area contributed by atoms with E-state index in [1.807, 2.05) is 0 Å². The third-order valence-corrected chi connectivity index (χ3v) is 5.24. The molecule has 112 valence electrons. The van der Waals surface area contributed by atoms with E-state index in [4.69, 9.17) is 10.5 Å². The maximum absolute atomic E-state index is 9.58. The van der Waals surface area contributed by atoms with Gasteiger partial charge in [-0.15, -0.1) is 0 Å². The third kappa shape index (κ3) is 3.11. The Morgan fingerprint density at radius 3 is 2.21 bits per heavy atom. The van der Waals surface area contributed by atoms with Gasteiger partial charge in [0.05, 0.1) is 6.61 Å². The fraction of sp³-hybridized carbons (Fsp3) is 1.00. The number of aliphatic hydroxyl groups is 2. The number of rotatable bonds is 6. The maximum atomic E-state index is 9.58. The average molecular weight is 272 g/mol. The smallest absolute Gasteiger partial charge is 0.158 e. The van der Waals surface area contributed by atoms with E-state index >= 15 is 0 Å². The highest BCUT2D eigenvalue weighted by Gasteiger charge is 2.45. The van der Waals surface area contributed by atoms with Gasteiger partial charge in [0.25, 0.3) is 0 Å². The summed E-state index contributed by atoms with van der Waals surface area (Å²) in [6.07, 6.45) is 3.87. The zero-order chi connectivity index (χ0) is 13.9. The van der Waals surface area contributed by atoms with E-state index in [1.54, 1.807) is 7.11 Å². The lowest BCUT2D eigenvalue weighted by Gasteiger charge is -2.49. The van der Waals surface area contributed by atoms with Crippen LogP contribution in [0.5, 0.6) is 0 Å². The summed E-state index contributed by atoms with van der Waals surface area (Å²) in [6, 6.07) is 0. The van der Waals surface area contributed by atoms with E-state index in [1.165, 1.54) is 0 Å². The zero-order valence-electron chi connectivity index (χ0n) is 12.0. The zero-order valence-corrected chi connectivity index (χ0v) is 12.0. The first-order valence-electron chi connectivity index (χ1n) is 7.33. The van der Waals surface area contributed by atoms with Gasteiger partial charge >= 0.3 is 0 Å². The van der Waals surface area contributed by atoms with Crippen molar-refractivity contribution in [1.82, 2.24) is 4.90 Å². The van der Waals surface area contributed by atoms with E-state index in [0.717, 1.165) is 58.3 Å². The van der Waals surface area contributed by atoms with Crippen molar-refractivity contribution in [2.24, 2.45) is 16.6 Å². The number of hydrogen-bond donors (Lipinski definition) is 3. The summed E-state index contributed by atoms with van der Waals surface area (Å²) in [5, 5.41) is 19.2. The highest BCUT2D eigenvalue weighted by Crippen LogP contribution is 2.44. The van der Waals surface area contributed by atoms with Gasteiger partial charge in [-0.25, -0.2) is 0 Å². The Hall–Kier alpha value is -0.200.